The molecule has 0 aliphatic heterocycles. The highest BCUT2D eigenvalue weighted by Crippen LogP contribution is 2.38. The number of phosphoric acid groups is 1. The molecule has 0 saturated heterocycles. The number of likely N-dealkylation sites (N-methyl/N-ethyl adjacent to an activating group) is 1. The first-order valence-electron chi connectivity index (χ1n) is 26.2. The monoisotopic (exact) mass is 905 g/mol. The normalized spacial score (nSPS) is 14.6. The summed E-state index contributed by atoms with van der Waals surface area (Å²) < 4.78 is 23.3. The number of quaternary nitrogens is 1. The largest absolute Gasteiger partial charge is 0.756 e. The zero-order valence-electron chi connectivity index (χ0n) is 41.8. The van der Waals surface area contributed by atoms with Gasteiger partial charge in [0.15, 0.2) is 0 Å². The molecular weight excluding hydrogens is 804 g/mol. The molecule has 0 aliphatic rings. The molecule has 0 heterocycles. The molecule has 63 heavy (non-hydrogen) atoms. The van der Waals surface area contributed by atoms with Gasteiger partial charge in [-0.3, -0.25) is 9.36 Å². The van der Waals surface area contributed by atoms with E-state index in [1.807, 2.05) is 27.2 Å². The summed E-state index contributed by atoms with van der Waals surface area (Å²) in [6.45, 7) is 4.61. The van der Waals surface area contributed by atoms with E-state index < -0.39 is 26.6 Å². The lowest BCUT2D eigenvalue weighted by molar-refractivity contribution is -0.870. The van der Waals surface area contributed by atoms with Gasteiger partial charge in [-0.2, -0.15) is 0 Å². The van der Waals surface area contributed by atoms with Crippen LogP contribution in [0.3, 0.4) is 0 Å². The van der Waals surface area contributed by atoms with Crippen molar-refractivity contribution in [2.75, 3.05) is 40.9 Å². The van der Waals surface area contributed by atoms with Crippen LogP contribution in [0.25, 0.3) is 0 Å². The fraction of sp³-hybridized carbons (Fsp3) is 0.796. The number of carbonyl (C=O) groups is 1. The lowest BCUT2D eigenvalue weighted by Gasteiger charge is -2.29. The molecule has 8 nitrogen and oxygen atoms in total. The van der Waals surface area contributed by atoms with Gasteiger partial charge in [-0.1, -0.05) is 203 Å². The molecular formula is C54H101N2O6P. The van der Waals surface area contributed by atoms with Crippen LogP contribution in [-0.4, -0.2) is 68.5 Å². The molecule has 0 saturated carbocycles. The van der Waals surface area contributed by atoms with Crippen molar-refractivity contribution in [2.24, 2.45) is 0 Å². The molecule has 0 rings (SSSR count). The highest BCUT2D eigenvalue weighted by atomic mass is 31.2. The summed E-state index contributed by atoms with van der Waals surface area (Å²) in [6, 6.07) is -0.912. The first-order chi connectivity index (χ1) is 30.5. The first-order valence-corrected chi connectivity index (χ1v) is 27.6. The van der Waals surface area contributed by atoms with Gasteiger partial charge in [0.25, 0.3) is 7.82 Å². The molecule has 0 aromatic carbocycles. The number of nitrogens with zero attached hydrogens (tertiary/aromatic N) is 1. The Kier molecular flexibility index (Phi) is 44.1. The van der Waals surface area contributed by atoms with Crippen LogP contribution < -0.4 is 10.2 Å². The van der Waals surface area contributed by atoms with Gasteiger partial charge in [-0.15, -0.1) is 0 Å². The van der Waals surface area contributed by atoms with Crippen LogP contribution in [0.15, 0.2) is 60.8 Å². The van der Waals surface area contributed by atoms with Crippen molar-refractivity contribution in [2.45, 2.75) is 238 Å². The maximum Gasteiger partial charge on any atom is 0.268 e. The molecule has 3 unspecified atom stereocenters. The summed E-state index contributed by atoms with van der Waals surface area (Å²) in [6.07, 6.45) is 59.9. The number of amides is 1. The average molecular weight is 905 g/mol. The summed E-state index contributed by atoms with van der Waals surface area (Å²) in [5, 5.41) is 13.8. The van der Waals surface area contributed by atoms with Gasteiger partial charge in [-0.05, 0) is 77.0 Å². The van der Waals surface area contributed by atoms with Crippen LogP contribution in [0, 0.1) is 0 Å². The molecule has 1 amide bonds. The number of aliphatic hydroxyl groups is 1. The Morgan fingerprint density at radius 1 is 0.556 bits per heavy atom. The standard InChI is InChI=1S/C54H101N2O6P/c1-6-8-10-12-14-16-18-20-22-24-26-27-28-29-30-32-34-36-38-40-42-44-46-48-54(58)55-52(51-62-63(59,60)61-50-49-56(3,4)5)53(57)47-45-43-41-39-37-35-33-31-25-23-21-19-17-15-13-11-9-7-2/h18,20,24-26,31,37,39,45,47,52-53,57H,6-17,19,21-23,27-30,32-36,38,40-44,46,48-51H2,1-5H3,(H-,55,58,59,60)/b20-18-,26-24-,31-25+,39-37+,47-45+. The zero-order chi connectivity index (χ0) is 46.4. The van der Waals surface area contributed by atoms with E-state index in [9.17, 15) is 19.4 Å². The van der Waals surface area contributed by atoms with E-state index in [2.05, 4.69) is 67.8 Å². The van der Waals surface area contributed by atoms with E-state index in [-0.39, 0.29) is 12.5 Å². The fourth-order valence-corrected chi connectivity index (χ4v) is 8.00. The van der Waals surface area contributed by atoms with Crippen LogP contribution in [0.1, 0.15) is 226 Å². The van der Waals surface area contributed by atoms with Crippen molar-refractivity contribution >= 4 is 13.7 Å². The maximum absolute atomic E-state index is 12.9. The zero-order valence-corrected chi connectivity index (χ0v) is 42.7. The van der Waals surface area contributed by atoms with Crippen molar-refractivity contribution in [3.63, 3.8) is 0 Å². The number of aliphatic hydroxyl groups excluding tert-OH is 1. The Morgan fingerprint density at radius 3 is 1.38 bits per heavy atom. The number of rotatable bonds is 47. The average Bonchev–Trinajstić information content (AvgIpc) is 3.24. The minimum absolute atomic E-state index is 0.0110. The van der Waals surface area contributed by atoms with Crippen molar-refractivity contribution in [1.82, 2.24) is 5.32 Å². The molecule has 3 atom stereocenters. The molecule has 0 spiro atoms. The van der Waals surface area contributed by atoms with E-state index in [0.717, 1.165) is 51.4 Å². The van der Waals surface area contributed by atoms with Gasteiger partial charge < -0.3 is 28.8 Å². The summed E-state index contributed by atoms with van der Waals surface area (Å²) in [4.78, 5) is 25.4. The van der Waals surface area contributed by atoms with E-state index in [1.165, 1.54) is 154 Å². The third-order valence-electron chi connectivity index (χ3n) is 11.4. The van der Waals surface area contributed by atoms with Gasteiger partial charge in [-0.25, -0.2) is 0 Å². The van der Waals surface area contributed by atoms with Gasteiger partial charge in [0.05, 0.1) is 39.9 Å². The lowest BCUT2D eigenvalue weighted by atomic mass is 10.0. The number of hydrogen-bond donors (Lipinski definition) is 2. The molecule has 368 valence electrons. The number of allylic oxidation sites excluding steroid dienone is 9. The Labute approximate surface area is 390 Å². The SMILES string of the molecule is CCCCCCC/C=C\C/C=C\CCCCCCCCCCCCCC(=O)NC(COP(=O)([O-])OCC[N+](C)(C)C)C(O)/C=C/CC/C=C/CC/C=C/CCCCCCCCCC. The third-order valence-corrected chi connectivity index (χ3v) is 12.4. The van der Waals surface area contributed by atoms with Crippen molar-refractivity contribution < 1.29 is 32.9 Å². The van der Waals surface area contributed by atoms with E-state index in [1.54, 1.807) is 6.08 Å². The van der Waals surface area contributed by atoms with Crippen molar-refractivity contribution in [3.8, 4) is 0 Å². The third kappa shape index (κ3) is 48.0. The molecule has 0 aromatic heterocycles. The van der Waals surface area contributed by atoms with Gasteiger partial charge in [0.2, 0.25) is 5.91 Å². The minimum Gasteiger partial charge on any atom is -0.756 e. The number of unbranched alkanes of at least 4 members (excludes halogenated alkanes) is 26. The summed E-state index contributed by atoms with van der Waals surface area (Å²) in [5.41, 5.74) is 0. The van der Waals surface area contributed by atoms with Crippen LogP contribution in [0.2, 0.25) is 0 Å². The number of nitrogens with one attached hydrogen (secondary N) is 1. The number of carbonyl (C=O) groups excluding carboxylic acids is 1. The van der Waals surface area contributed by atoms with Crippen LogP contribution in [0.5, 0.6) is 0 Å². The molecule has 0 aliphatic carbocycles. The Morgan fingerprint density at radius 2 is 0.937 bits per heavy atom. The Bertz CT molecular complexity index is 1210. The highest BCUT2D eigenvalue weighted by Gasteiger charge is 2.23. The predicted molar refractivity (Wildman–Crippen MR) is 270 cm³/mol. The highest BCUT2D eigenvalue weighted by molar-refractivity contribution is 7.45. The van der Waals surface area contributed by atoms with Crippen LogP contribution in [0.4, 0.5) is 0 Å². The second-order valence-corrected chi connectivity index (χ2v) is 20.3. The summed E-state index contributed by atoms with van der Waals surface area (Å²) in [5.74, 6) is -0.214. The van der Waals surface area contributed by atoms with E-state index in [0.29, 0.717) is 17.4 Å². The van der Waals surface area contributed by atoms with Crippen molar-refractivity contribution in [1.29, 1.82) is 0 Å². The molecule has 9 heteroatoms. The quantitative estimate of drug-likeness (QED) is 0.0273. The molecule has 2 N–H and O–H groups in total. The van der Waals surface area contributed by atoms with Crippen LogP contribution in [-0.2, 0) is 18.4 Å². The second-order valence-electron chi connectivity index (χ2n) is 18.9. The lowest BCUT2D eigenvalue weighted by Crippen LogP contribution is -2.45. The predicted octanol–water partition coefficient (Wildman–Crippen LogP) is 14.7. The number of hydrogen-bond acceptors (Lipinski definition) is 6. The smallest absolute Gasteiger partial charge is 0.268 e. The van der Waals surface area contributed by atoms with Gasteiger partial charge in [0, 0.05) is 6.42 Å². The topological polar surface area (TPSA) is 108 Å². The second kappa shape index (κ2) is 45.4. The molecule has 0 radical (unpaired) electrons. The van der Waals surface area contributed by atoms with E-state index >= 15 is 0 Å². The molecule has 0 bridgehead atoms. The van der Waals surface area contributed by atoms with E-state index in [4.69, 9.17) is 9.05 Å². The fourth-order valence-electron chi connectivity index (χ4n) is 7.27. The van der Waals surface area contributed by atoms with Gasteiger partial charge in [0.1, 0.15) is 13.2 Å². The summed E-state index contributed by atoms with van der Waals surface area (Å²) >= 11 is 0. The Balaban J connectivity index is 4.35. The first kappa shape index (κ1) is 61.2. The van der Waals surface area contributed by atoms with Gasteiger partial charge >= 0.3 is 0 Å². The summed E-state index contributed by atoms with van der Waals surface area (Å²) in [7, 11) is 1.23. The maximum atomic E-state index is 12.9. The minimum atomic E-state index is -4.61. The van der Waals surface area contributed by atoms with Crippen LogP contribution >= 0.6 is 7.82 Å². The molecule has 0 fully saturated rings. The molecule has 0 aromatic rings. The number of phosphoric ester groups is 1. The van der Waals surface area contributed by atoms with Crippen molar-refractivity contribution in [3.05, 3.63) is 60.8 Å². The Hall–Kier alpha value is -1.80.